The van der Waals surface area contributed by atoms with Crippen molar-refractivity contribution in [3.63, 3.8) is 0 Å². The number of carbonyl (C=O) groups is 3. The second kappa shape index (κ2) is 9.19. The molecule has 126 valence electrons. The van der Waals surface area contributed by atoms with E-state index in [1.54, 1.807) is 38.1 Å². The van der Waals surface area contributed by atoms with Crippen molar-refractivity contribution in [1.29, 1.82) is 0 Å². The van der Waals surface area contributed by atoms with Gasteiger partial charge in [0.25, 0.3) is 0 Å². The van der Waals surface area contributed by atoms with E-state index in [4.69, 9.17) is 6.52 Å². The Morgan fingerprint density at radius 2 is 1.87 bits per heavy atom. The summed E-state index contributed by atoms with van der Waals surface area (Å²) in [7, 11) is 0. The van der Waals surface area contributed by atoms with Crippen LogP contribution in [-0.2, 0) is 20.8 Å². The summed E-state index contributed by atoms with van der Waals surface area (Å²) in [6.07, 6.45) is -0.0194. The molecule has 0 aromatic heterocycles. The molecule has 23 heavy (non-hydrogen) atoms. The normalized spacial score (nSPS) is 13.8. The molecule has 0 saturated carbocycles. The van der Waals surface area contributed by atoms with Gasteiger partial charge in [0, 0.05) is 5.75 Å². The predicted molar refractivity (Wildman–Crippen MR) is 90.3 cm³/mol. The van der Waals surface area contributed by atoms with Crippen molar-refractivity contribution in [3.05, 3.63) is 35.9 Å². The van der Waals surface area contributed by atoms with Gasteiger partial charge in [-0.25, -0.2) is 4.79 Å². The van der Waals surface area contributed by atoms with Gasteiger partial charge < -0.3 is 15.7 Å². The highest BCUT2D eigenvalue weighted by atomic mass is 32.1. The van der Waals surface area contributed by atoms with Gasteiger partial charge in [-0.15, -0.1) is 0 Å². The molecule has 0 aliphatic rings. The van der Waals surface area contributed by atoms with Crippen LogP contribution in [0.25, 0.3) is 0 Å². The van der Waals surface area contributed by atoms with Crippen molar-refractivity contribution < 1.29 is 20.9 Å². The Labute approximate surface area is 142 Å². The highest BCUT2D eigenvalue weighted by Gasteiger charge is 2.27. The smallest absolute Gasteiger partial charge is 0.326 e. The van der Waals surface area contributed by atoms with E-state index in [0.717, 1.165) is 5.56 Å². The molecule has 0 heterocycles. The molecule has 6 nitrogen and oxygen atoms in total. The molecule has 2 amide bonds. The number of carboxylic acids is 1. The highest BCUT2D eigenvalue weighted by Crippen LogP contribution is 2.04. The fourth-order valence-electron chi connectivity index (χ4n) is 1.94. The van der Waals surface area contributed by atoms with Crippen LogP contribution in [0, 0.1) is 5.92 Å². The molecule has 0 bridgehead atoms. The number of carboxylic acid groups (broad SMARTS) is 1. The van der Waals surface area contributed by atoms with E-state index in [9.17, 15) is 14.4 Å². The van der Waals surface area contributed by atoms with Gasteiger partial charge in [0.2, 0.25) is 11.8 Å². The van der Waals surface area contributed by atoms with Gasteiger partial charge in [-0.3, -0.25) is 9.59 Å². The van der Waals surface area contributed by atoms with Crippen LogP contribution in [0.4, 0.5) is 0 Å². The van der Waals surface area contributed by atoms with E-state index >= 15 is 0 Å². The topological polar surface area (TPSA) is 95.5 Å². The summed E-state index contributed by atoms with van der Waals surface area (Å²) < 4.78 is 7.90. The molecule has 1 rings (SSSR count). The molecule has 0 fully saturated rings. The summed E-state index contributed by atoms with van der Waals surface area (Å²) in [4.78, 5) is 35.6. The average Bonchev–Trinajstić information content (AvgIpc) is 2.53. The van der Waals surface area contributed by atoms with Gasteiger partial charge in [0.05, 0.1) is 6.42 Å². The quantitative estimate of drug-likeness (QED) is 0.529. The molecule has 0 aliphatic heterocycles. The molecule has 7 heteroatoms. The van der Waals surface area contributed by atoms with Crippen molar-refractivity contribution in [3.8, 4) is 0 Å². The first-order valence-corrected chi connectivity index (χ1v) is 7.90. The maximum atomic E-state index is 12.3. The summed E-state index contributed by atoms with van der Waals surface area (Å²) in [6, 6.07) is 6.62. The molecule has 1 aromatic carbocycles. The van der Waals surface area contributed by atoms with Gasteiger partial charge in [-0.05, 0) is 11.5 Å². The van der Waals surface area contributed by atoms with Crippen molar-refractivity contribution in [2.45, 2.75) is 32.4 Å². The Morgan fingerprint density at radius 3 is 2.35 bits per heavy atom. The van der Waals surface area contributed by atoms with Gasteiger partial charge in [0.1, 0.15) is 12.1 Å². The summed E-state index contributed by atoms with van der Waals surface area (Å²) >= 11 is 4.02. The lowest BCUT2D eigenvalue weighted by Crippen LogP contribution is -2.54. The minimum absolute atomic E-state index is 0.0194. The van der Waals surface area contributed by atoms with Crippen molar-refractivity contribution >= 4 is 30.4 Å². The Morgan fingerprint density at radius 1 is 1.26 bits per heavy atom. The number of carbonyl (C=O) groups excluding carboxylic acids is 2. The third kappa shape index (κ3) is 6.32. The SMILES string of the molecule is [2H]N(C(=O)Cc1ccccc1)[C@@H](CS)C(=O)N[C@H](C(=O)O)C(C)C. The lowest BCUT2D eigenvalue weighted by Gasteiger charge is -2.22. The number of benzene rings is 1. The predicted octanol–water partition coefficient (Wildman–Crippen LogP) is 0.869. The third-order valence-electron chi connectivity index (χ3n) is 3.20. The van der Waals surface area contributed by atoms with E-state index in [2.05, 4.69) is 17.9 Å². The van der Waals surface area contributed by atoms with Crippen LogP contribution in [0.3, 0.4) is 0 Å². The van der Waals surface area contributed by atoms with Crippen molar-refractivity contribution in [2.24, 2.45) is 5.92 Å². The van der Waals surface area contributed by atoms with Gasteiger partial charge in [-0.1, -0.05) is 44.2 Å². The number of hydrogen-bond donors (Lipinski definition) is 4. The van der Waals surface area contributed by atoms with Crippen LogP contribution in [0.5, 0.6) is 0 Å². The minimum atomic E-state index is -1.16. The Hall–Kier alpha value is -2.02. The van der Waals surface area contributed by atoms with E-state index in [0.29, 0.717) is 5.31 Å². The monoisotopic (exact) mass is 339 g/mol. The number of hydrogen-bond acceptors (Lipinski definition) is 4. The minimum Gasteiger partial charge on any atom is -0.480 e. The van der Waals surface area contributed by atoms with Crippen LogP contribution in [0.15, 0.2) is 30.3 Å². The van der Waals surface area contributed by atoms with Crippen LogP contribution in [-0.4, -0.2) is 40.7 Å². The number of rotatable bonds is 8. The van der Waals surface area contributed by atoms with E-state index in [1.807, 2.05) is 6.07 Å². The molecule has 0 radical (unpaired) electrons. The first-order chi connectivity index (χ1) is 11.3. The number of amides is 2. The molecule has 0 aliphatic carbocycles. The van der Waals surface area contributed by atoms with Crippen molar-refractivity contribution in [2.75, 3.05) is 5.75 Å². The maximum Gasteiger partial charge on any atom is 0.326 e. The lowest BCUT2D eigenvalue weighted by molar-refractivity contribution is -0.143. The maximum absolute atomic E-state index is 12.3. The Balaban J connectivity index is 2.77. The largest absolute Gasteiger partial charge is 0.480 e. The van der Waals surface area contributed by atoms with E-state index < -0.39 is 29.9 Å². The van der Waals surface area contributed by atoms with Crippen LogP contribution < -0.4 is 10.6 Å². The molecule has 0 saturated heterocycles. The molecule has 3 N–H and O–H groups in total. The zero-order chi connectivity index (χ0) is 18.3. The fourth-order valence-corrected chi connectivity index (χ4v) is 2.18. The second-order valence-corrected chi connectivity index (χ2v) is 5.82. The summed E-state index contributed by atoms with van der Waals surface area (Å²) in [6.45, 7) is 3.32. The van der Waals surface area contributed by atoms with Crippen LogP contribution in [0.2, 0.25) is 1.41 Å². The van der Waals surface area contributed by atoms with Crippen molar-refractivity contribution in [1.82, 2.24) is 10.6 Å². The summed E-state index contributed by atoms with van der Waals surface area (Å²) in [5.41, 5.74) is 0.726. The van der Waals surface area contributed by atoms with Gasteiger partial charge in [0.15, 0.2) is 1.41 Å². The zero-order valence-electron chi connectivity index (χ0n) is 14.1. The third-order valence-corrected chi connectivity index (χ3v) is 3.55. The molecular formula is C16H22N2O4S. The van der Waals surface area contributed by atoms with E-state index in [-0.39, 0.29) is 18.1 Å². The van der Waals surface area contributed by atoms with E-state index in [1.165, 1.54) is 0 Å². The van der Waals surface area contributed by atoms with Crippen LogP contribution in [0.1, 0.15) is 19.4 Å². The number of nitrogens with one attached hydrogen (secondary N) is 2. The molecular weight excluding hydrogens is 316 g/mol. The summed E-state index contributed by atoms with van der Waals surface area (Å²) in [5.74, 6) is -2.84. The van der Waals surface area contributed by atoms with Crippen LogP contribution >= 0.6 is 12.6 Å². The average molecular weight is 339 g/mol. The summed E-state index contributed by atoms with van der Waals surface area (Å²) in [5, 5.41) is 12.1. The first-order valence-electron chi connectivity index (χ1n) is 7.71. The first kappa shape index (κ1) is 17.3. The lowest BCUT2D eigenvalue weighted by atomic mass is 10.0. The molecule has 0 unspecified atom stereocenters. The number of thiol groups is 1. The van der Waals surface area contributed by atoms with Gasteiger partial charge >= 0.3 is 5.97 Å². The second-order valence-electron chi connectivity index (χ2n) is 5.45. The molecule has 2 atom stereocenters. The van der Waals surface area contributed by atoms with Gasteiger partial charge in [-0.2, -0.15) is 12.6 Å². The number of aliphatic carboxylic acids is 1. The highest BCUT2D eigenvalue weighted by molar-refractivity contribution is 7.80. The Bertz CT molecular complexity index is 583. The standard InChI is InChI=1S/C16H22N2O4S/c1-10(2)14(16(21)22)18-15(20)12(9-23)17-13(19)8-11-6-4-3-5-7-11/h3-7,10,12,14,23H,8-9H2,1-2H3,(H,17,19)(H,18,20)(H,21,22)/t12-,14-/m0/s1/i/hD. The Kier molecular flexibility index (Phi) is 6.93. The fraction of sp³-hybridized carbons (Fsp3) is 0.438. The zero-order valence-corrected chi connectivity index (χ0v) is 14.0. The molecule has 0 spiro atoms. The molecule has 1 aromatic rings.